The molecule has 0 aliphatic carbocycles. The van der Waals surface area contributed by atoms with Crippen LogP contribution in [0.4, 0.5) is 11.5 Å². The summed E-state index contributed by atoms with van der Waals surface area (Å²) in [5, 5.41) is 1.24. The van der Waals surface area contributed by atoms with Crippen molar-refractivity contribution >= 4 is 43.1 Å². The molecule has 2 heterocycles. The molecule has 0 saturated carbocycles. The second-order valence-corrected chi connectivity index (χ2v) is 11.5. The van der Waals surface area contributed by atoms with Gasteiger partial charge in [0.15, 0.2) is 0 Å². The number of aromatic nitrogens is 1. The largest absolute Gasteiger partial charge is 0.497 e. The van der Waals surface area contributed by atoms with Crippen molar-refractivity contribution in [1.82, 2.24) is 9.27 Å². The van der Waals surface area contributed by atoms with Gasteiger partial charge in [-0.15, -0.1) is 0 Å². The van der Waals surface area contributed by atoms with E-state index < -0.39 is 10.0 Å². The van der Waals surface area contributed by atoms with Crippen molar-refractivity contribution in [3.05, 3.63) is 77.9 Å². The Morgan fingerprint density at radius 3 is 2.47 bits per heavy atom. The van der Waals surface area contributed by atoms with Crippen LogP contribution in [0.1, 0.15) is 11.1 Å². The lowest BCUT2D eigenvalue weighted by Crippen LogP contribution is -2.47. The molecule has 3 aromatic carbocycles. The molecule has 0 amide bonds. The third-order valence-electron chi connectivity index (χ3n) is 6.65. The van der Waals surface area contributed by atoms with Gasteiger partial charge in [0, 0.05) is 38.1 Å². The summed E-state index contributed by atoms with van der Waals surface area (Å²) in [4.78, 5) is 5.08. The van der Waals surface area contributed by atoms with E-state index in [2.05, 4.69) is 44.9 Å². The molecule has 0 atom stereocenters. The van der Waals surface area contributed by atoms with E-state index in [1.54, 1.807) is 42.9 Å². The summed E-state index contributed by atoms with van der Waals surface area (Å²) in [7, 11) is -2.11. The van der Waals surface area contributed by atoms with Gasteiger partial charge in [0.05, 0.1) is 22.4 Å². The standard InChI is InChI=1S/C27H30N4O3S2/c1-20-19-21(7-12-25(20)29-36(32,33)23-10-8-22(34-2)9-11-23)13-14-30-15-17-31(18-16-30)27-24-5-3-4-6-26(24)35-28-27/h3-12,19,29H,13-18H2,1-2H3. The highest BCUT2D eigenvalue weighted by atomic mass is 32.2. The minimum Gasteiger partial charge on any atom is -0.497 e. The summed E-state index contributed by atoms with van der Waals surface area (Å²) in [6, 6.07) is 20.7. The third kappa shape index (κ3) is 5.33. The van der Waals surface area contributed by atoms with Gasteiger partial charge in [-0.1, -0.05) is 24.3 Å². The van der Waals surface area contributed by atoms with Crippen LogP contribution in [0, 0.1) is 6.92 Å². The SMILES string of the molecule is COc1ccc(S(=O)(=O)Nc2ccc(CCN3CCN(c4nsc5ccccc45)CC3)cc2C)cc1. The van der Waals surface area contributed by atoms with E-state index in [9.17, 15) is 8.42 Å². The van der Waals surface area contributed by atoms with Gasteiger partial charge in [-0.25, -0.2) is 8.42 Å². The van der Waals surface area contributed by atoms with Crippen LogP contribution in [0.15, 0.2) is 71.6 Å². The fraction of sp³-hybridized carbons (Fsp3) is 0.296. The predicted octanol–water partition coefficient (Wildman–Crippen LogP) is 4.78. The first-order valence-electron chi connectivity index (χ1n) is 12.0. The topological polar surface area (TPSA) is 74.8 Å². The number of methoxy groups -OCH3 is 1. The van der Waals surface area contributed by atoms with Crippen molar-refractivity contribution in [2.45, 2.75) is 18.2 Å². The van der Waals surface area contributed by atoms with E-state index in [1.165, 1.54) is 15.6 Å². The smallest absolute Gasteiger partial charge is 0.261 e. The molecular formula is C27H30N4O3S2. The lowest BCUT2D eigenvalue weighted by atomic mass is 10.1. The first-order chi connectivity index (χ1) is 17.4. The first kappa shape index (κ1) is 24.5. The van der Waals surface area contributed by atoms with Gasteiger partial charge in [0.2, 0.25) is 0 Å². The molecule has 9 heteroatoms. The first-order valence-corrected chi connectivity index (χ1v) is 14.3. The average Bonchev–Trinajstić information content (AvgIpc) is 3.33. The molecule has 1 fully saturated rings. The Balaban J connectivity index is 1.15. The van der Waals surface area contributed by atoms with Crippen LogP contribution in [0.25, 0.3) is 10.1 Å². The number of nitrogens with zero attached hydrogens (tertiary/aromatic N) is 3. The lowest BCUT2D eigenvalue weighted by molar-refractivity contribution is 0.261. The van der Waals surface area contributed by atoms with Gasteiger partial charge in [-0.3, -0.25) is 9.62 Å². The van der Waals surface area contributed by atoms with Crippen molar-refractivity contribution in [2.75, 3.05) is 49.5 Å². The van der Waals surface area contributed by atoms with Crippen molar-refractivity contribution in [3.8, 4) is 5.75 Å². The highest BCUT2D eigenvalue weighted by Gasteiger charge is 2.21. The molecule has 36 heavy (non-hydrogen) atoms. The molecule has 1 aromatic heterocycles. The normalized spacial score (nSPS) is 14.8. The van der Waals surface area contributed by atoms with Gasteiger partial charge in [0.25, 0.3) is 10.0 Å². The summed E-state index contributed by atoms with van der Waals surface area (Å²) >= 11 is 1.57. The number of benzene rings is 3. The van der Waals surface area contributed by atoms with E-state index in [0.717, 1.165) is 50.5 Å². The molecular weight excluding hydrogens is 492 g/mol. The molecule has 1 N–H and O–H groups in total. The van der Waals surface area contributed by atoms with Gasteiger partial charge in [0.1, 0.15) is 11.6 Å². The summed E-state index contributed by atoms with van der Waals surface area (Å²) in [5.41, 5.74) is 2.70. The number of hydrogen-bond acceptors (Lipinski definition) is 7. The molecule has 5 rings (SSSR count). The van der Waals surface area contributed by atoms with Crippen LogP contribution in [0.5, 0.6) is 5.75 Å². The van der Waals surface area contributed by atoms with E-state index >= 15 is 0 Å². The number of ether oxygens (including phenoxy) is 1. The van der Waals surface area contributed by atoms with E-state index in [-0.39, 0.29) is 4.90 Å². The fourth-order valence-corrected chi connectivity index (χ4v) is 6.45. The van der Waals surface area contributed by atoms with Crippen molar-refractivity contribution in [3.63, 3.8) is 0 Å². The zero-order chi connectivity index (χ0) is 25.1. The zero-order valence-electron chi connectivity index (χ0n) is 20.5. The maximum absolute atomic E-state index is 12.8. The summed E-state index contributed by atoms with van der Waals surface area (Å²) < 4.78 is 39.3. The Kier molecular flexibility index (Phi) is 7.13. The van der Waals surface area contributed by atoms with Crippen LogP contribution in [-0.4, -0.2) is 57.5 Å². The molecule has 0 bridgehead atoms. The minimum absolute atomic E-state index is 0.205. The van der Waals surface area contributed by atoms with Crippen LogP contribution in [-0.2, 0) is 16.4 Å². The second kappa shape index (κ2) is 10.5. The second-order valence-electron chi connectivity index (χ2n) is 9.01. The van der Waals surface area contributed by atoms with Gasteiger partial charge >= 0.3 is 0 Å². The number of nitrogens with one attached hydrogen (secondary N) is 1. The molecule has 188 valence electrons. The average molecular weight is 523 g/mol. The maximum Gasteiger partial charge on any atom is 0.261 e. The van der Waals surface area contributed by atoms with Crippen LogP contribution >= 0.6 is 11.5 Å². The molecule has 7 nitrogen and oxygen atoms in total. The number of rotatable bonds is 8. The summed E-state index contributed by atoms with van der Waals surface area (Å²) in [6.45, 7) is 6.86. The Morgan fingerprint density at radius 1 is 1.00 bits per heavy atom. The number of hydrogen-bond donors (Lipinski definition) is 1. The zero-order valence-corrected chi connectivity index (χ0v) is 22.1. The molecule has 1 aliphatic heterocycles. The molecule has 0 spiro atoms. The maximum atomic E-state index is 12.8. The quantitative estimate of drug-likeness (QED) is 0.359. The molecule has 1 saturated heterocycles. The number of piperazine rings is 1. The number of sulfonamides is 1. The Morgan fingerprint density at radius 2 is 1.75 bits per heavy atom. The van der Waals surface area contributed by atoms with Gasteiger partial charge < -0.3 is 9.64 Å². The molecule has 0 radical (unpaired) electrons. The minimum atomic E-state index is -3.66. The van der Waals surface area contributed by atoms with E-state index in [4.69, 9.17) is 9.11 Å². The highest BCUT2D eigenvalue weighted by molar-refractivity contribution is 7.92. The van der Waals surface area contributed by atoms with Crippen LogP contribution in [0.2, 0.25) is 0 Å². The van der Waals surface area contributed by atoms with Crippen LogP contribution < -0.4 is 14.4 Å². The third-order valence-corrected chi connectivity index (χ3v) is 8.85. The highest BCUT2D eigenvalue weighted by Crippen LogP contribution is 2.30. The Hall–Kier alpha value is -3.14. The van der Waals surface area contributed by atoms with Crippen molar-refractivity contribution in [1.29, 1.82) is 0 Å². The summed E-state index contributed by atoms with van der Waals surface area (Å²) in [5.74, 6) is 1.73. The molecule has 1 aliphatic rings. The van der Waals surface area contributed by atoms with Crippen LogP contribution in [0.3, 0.4) is 0 Å². The Labute approximate surface area is 216 Å². The number of aryl methyl sites for hydroxylation is 1. The fourth-order valence-electron chi connectivity index (χ4n) is 4.53. The monoisotopic (exact) mass is 522 g/mol. The number of fused-ring (bicyclic) bond motifs is 1. The van der Waals surface area contributed by atoms with Gasteiger partial charge in [-0.2, -0.15) is 4.37 Å². The molecule has 4 aromatic rings. The predicted molar refractivity (Wildman–Crippen MR) is 147 cm³/mol. The Bertz CT molecular complexity index is 1440. The number of anilines is 2. The van der Waals surface area contributed by atoms with E-state index in [1.807, 2.05) is 19.1 Å². The lowest BCUT2D eigenvalue weighted by Gasteiger charge is -2.35. The van der Waals surface area contributed by atoms with Crippen molar-refractivity contribution in [2.24, 2.45) is 0 Å². The van der Waals surface area contributed by atoms with Crippen molar-refractivity contribution < 1.29 is 13.2 Å². The molecule has 0 unspecified atom stereocenters. The summed E-state index contributed by atoms with van der Waals surface area (Å²) in [6.07, 6.45) is 0.923. The van der Waals surface area contributed by atoms with E-state index in [0.29, 0.717) is 11.4 Å². The van der Waals surface area contributed by atoms with Gasteiger partial charge in [-0.05, 0) is 78.5 Å².